The number of rotatable bonds is 5. The highest BCUT2D eigenvalue weighted by Gasteiger charge is 2.32. The number of Topliss-reactive ketones (excluding diaryl/α,β-unsaturated/α-hetero) is 1. The molecule has 96 valence electrons. The maximum atomic E-state index is 12.7. The van der Waals surface area contributed by atoms with Gasteiger partial charge in [-0.15, -0.1) is 0 Å². The second-order valence-electron chi connectivity index (χ2n) is 4.25. The minimum Gasteiger partial charge on any atom is -0.480 e. The Balaban J connectivity index is 3.08. The van der Waals surface area contributed by atoms with Crippen LogP contribution in [0.3, 0.4) is 0 Å². The van der Waals surface area contributed by atoms with Gasteiger partial charge in [-0.1, -0.05) is 26.0 Å². The van der Waals surface area contributed by atoms with Crippen LogP contribution in [0.2, 0.25) is 0 Å². The largest absolute Gasteiger partial charge is 0.480 e. The van der Waals surface area contributed by atoms with Crippen LogP contribution in [0.1, 0.15) is 19.4 Å². The summed E-state index contributed by atoms with van der Waals surface area (Å²) in [7, 11) is 0. The minimum absolute atomic E-state index is 0.234. The van der Waals surface area contributed by atoms with E-state index in [0.717, 1.165) is 12.1 Å². The van der Waals surface area contributed by atoms with Gasteiger partial charge in [-0.2, -0.15) is 0 Å². The van der Waals surface area contributed by atoms with Crippen molar-refractivity contribution in [3.8, 4) is 0 Å². The molecule has 18 heavy (non-hydrogen) atoms. The number of carboxylic acid groups (broad SMARTS) is 1. The highest BCUT2D eigenvalue weighted by Crippen LogP contribution is 2.15. The second-order valence-corrected chi connectivity index (χ2v) is 4.25. The fraction of sp³-hybridized carbons (Fsp3) is 0.308. The van der Waals surface area contributed by atoms with E-state index in [0.29, 0.717) is 0 Å². The summed E-state index contributed by atoms with van der Waals surface area (Å²) in [5.74, 6) is -4.35. The Hall–Kier alpha value is -2.04. The molecule has 1 aromatic rings. The van der Waals surface area contributed by atoms with Gasteiger partial charge in [0.1, 0.15) is 5.82 Å². The summed E-state index contributed by atoms with van der Waals surface area (Å²) in [6.07, 6.45) is 0. The first kappa shape index (κ1) is 14.0. The van der Waals surface area contributed by atoms with Gasteiger partial charge in [-0.3, -0.25) is 9.59 Å². The molecule has 0 fully saturated rings. The van der Waals surface area contributed by atoms with Crippen LogP contribution in [-0.4, -0.2) is 22.6 Å². The average Bonchev–Trinajstić information content (AvgIpc) is 2.29. The monoisotopic (exact) mass is 251 g/mol. The number of hydrogen-bond donors (Lipinski definition) is 2. The molecule has 0 heterocycles. The second kappa shape index (κ2) is 5.53. The maximum absolute atomic E-state index is 12.7. The van der Waals surface area contributed by atoms with E-state index in [2.05, 4.69) is 0 Å². The van der Waals surface area contributed by atoms with Crippen LogP contribution in [0.25, 0.3) is 0 Å². The first-order chi connectivity index (χ1) is 8.34. The van der Waals surface area contributed by atoms with Crippen LogP contribution in [-0.2, 0) is 9.59 Å². The standard InChI is InChI=1S/C13H14FNO3/c1-7(2)12(16)10(13(17)18)11(15)8-3-5-9(14)6-4-8/h3-7,10,15H,1-2H3,(H,17,18). The van der Waals surface area contributed by atoms with Crippen molar-refractivity contribution < 1.29 is 19.1 Å². The molecular formula is C13H14FNO3. The summed E-state index contributed by atoms with van der Waals surface area (Å²) in [5, 5.41) is 16.8. The van der Waals surface area contributed by atoms with E-state index in [1.807, 2.05) is 0 Å². The van der Waals surface area contributed by atoms with Crippen LogP contribution >= 0.6 is 0 Å². The van der Waals surface area contributed by atoms with Crippen molar-refractivity contribution in [2.45, 2.75) is 13.8 Å². The Kier molecular flexibility index (Phi) is 4.31. The average molecular weight is 251 g/mol. The SMILES string of the molecule is CC(C)C(=O)C(C(=N)c1ccc(F)cc1)C(=O)O. The molecule has 0 bridgehead atoms. The molecule has 0 aliphatic heterocycles. The third-order valence-corrected chi connectivity index (χ3v) is 2.54. The molecule has 0 saturated heterocycles. The van der Waals surface area contributed by atoms with Crippen molar-refractivity contribution >= 4 is 17.5 Å². The van der Waals surface area contributed by atoms with E-state index in [-0.39, 0.29) is 11.3 Å². The third kappa shape index (κ3) is 3.00. The van der Waals surface area contributed by atoms with E-state index in [1.54, 1.807) is 13.8 Å². The van der Waals surface area contributed by atoms with Crippen LogP contribution in [0.5, 0.6) is 0 Å². The third-order valence-electron chi connectivity index (χ3n) is 2.54. The lowest BCUT2D eigenvalue weighted by atomic mass is 9.88. The lowest BCUT2D eigenvalue weighted by Gasteiger charge is -2.15. The lowest BCUT2D eigenvalue weighted by molar-refractivity contribution is -0.144. The molecule has 0 aliphatic rings. The fourth-order valence-electron chi connectivity index (χ4n) is 1.52. The molecule has 1 aromatic carbocycles. The Bertz CT molecular complexity index is 480. The molecule has 1 rings (SSSR count). The van der Waals surface area contributed by atoms with Gasteiger partial charge in [0.2, 0.25) is 0 Å². The molecular weight excluding hydrogens is 237 g/mol. The van der Waals surface area contributed by atoms with Gasteiger partial charge < -0.3 is 10.5 Å². The Morgan fingerprint density at radius 3 is 2.11 bits per heavy atom. The van der Waals surface area contributed by atoms with E-state index in [1.165, 1.54) is 12.1 Å². The highest BCUT2D eigenvalue weighted by molar-refractivity contribution is 6.23. The van der Waals surface area contributed by atoms with Crippen molar-refractivity contribution in [2.75, 3.05) is 0 Å². The minimum atomic E-state index is -1.50. The Labute approximate surface area is 104 Å². The van der Waals surface area contributed by atoms with Crippen LogP contribution < -0.4 is 0 Å². The number of ketones is 1. The maximum Gasteiger partial charge on any atom is 0.320 e. The van der Waals surface area contributed by atoms with Crippen molar-refractivity contribution in [1.29, 1.82) is 5.41 Å². The Morgan fingerprint density at radius 1 is 1.22 bits per heavy atom. The number of nitrogens with one attached hydrogen (secondary N) is 1. The number of hydrogen-bond acceptors (Lipinski definition) is 3. The van der Waals surface area contributed by atoms with Crippen LogP contribution in [0, 0.1) is 23.1 Å². The van der Waals surface area contributed by atoms with E-state index < -0.39 is 29.4 Å². The molecule has 0 aliphatic carbocycles. The summed E-state index contributed by atoms with van der Waals surface area (Å²) in [6.45, 7) is 3.16. The highest BCUT2D eigenvalue weighted by atomic mass is 19.1. The predicted octanol–water partition coefficient (Wildman–Crippen LogP) is 2.12. The number of carbonyl (C=O) groups excluding carboxylic acids is 1. The zero-order valence-corrected chi connectivity index (χ0v) is 10.1. The first-order valence-electron chi connectivity index (χ1n) is 5.45. The van der Waals surface area contributed by atoms with Gasteiger partial charge in [0.15, 0.2) is 11.7 Å². The van der Waals surface area contributed by atoms with Gasteiger partial charge in [0.25, 0.3) is 0 Å². The molecule has 0 spiro atoms. The summed E-state index contributed by atoms with van der Waals surface area (Å²) in [5.41, 5.74) is -0.0843. The Morgan fingerprint density at radius 2 is 1.72 bits per heavy atom. The fourth-order valence-corrected chi connectivity index (χ4v) is 1.52. The van der Waals surface area contributed by atoms with Crippen LogP contribution in [0.15, 0.2) is 24.3 Å². The van der Waals surface area contributed by atoms with Gasteiger partial charge in [-0.25, -0.2) is 4.39 Å². The van der Waals surface area contributed by atoms with Crippen LogP contribution in [0.4, 0.5) is 4.39 Å². The number of carboxylic acids is 1. The van der Waals surface area contributed by atoms with E-state index in [4.69, 9.17) is 10.5 Å². The zero-order valence-electron chi connectivity index (χ0n) is 10.1. The predicted molar refractivity (Wildman–Crippen MR) is 64.2 cm³/mol. The lowest BCUT2D eigenvalue weighted by Crippen LogP contribution is -2.34. The van der Waals surface area contributed by atoms with Gasteiger partial charge in [0.05, 0.1) is 5.71 Å². The van der Waals surface area contributed by atoms with Crippen molar-refractivity contribution in [1.82, 2.24) is 0 Å². The quantitative estimate of drug-likeness (QED) is 0.621. The molecule has 5 heteroatoms. The molecule has 0 radical (unpaired) electrons. The van der Waals surface area contributed by atoms with Gasteiger partial charge in [-0.05, 0) is 17.7 Å². The topological polar surface area (TPSA) is 78.2 Å². The summed E-state index contributed by atoms with van der Waals surface area (Å²) in [4.78, 5) is 22.9. The molecule has 2 N–H and O–H groups in total. The van der Waals surface area contributed by atoms with Crippen molar-refractivity contribution in [3.63, 3.8) is 0 Å². The summed E-state index contributed by atoms with van der Waals surface area (Å²) < 4.78 is 12.7. The van der Waals surface area contributed by atoms with Gasteiger partial charge >= 0.3 is 5.97 Å². The number of benzene rings is 1. The molecule has 1 atom stereocenters. The van der Waals surface area contributed by atoms with Crippen molar-refractivity contribution in [3.05, 3.63) is 35.6 Å². The molecule has 0 amide bonds. The molecule has 0 aromatic heterocycles. The zero-order chi connectivity index (χ0) is 13.9. The smallest absolute Gasteiger partial charge is 0.320 e. The summed E-state index contributed by atoms with van der Waals surface area (Å²) in [6, 6.07) is 4.84. The number of halogens is 1. The van der Waals surface area contributed by atoms with E-state index in [9.17, 15) is 14.0 Å². The van der Waals surface area contributed by atoms with Crippen molar-refractivity contribution in [2.24, 2.45) is 11.8 Å². The number of carbonyl (C=O) groups is 2. The first-order valence-corrected chi connectivity index (χ1v) is 5.45. The number of aliphatic carboxylic acids is 1. The molecule has 0 saturated carbocycles. The van der Waals surface area contributed by atoms with E-state index >= 15 is 0 Å². The summed E-state index contributed by atoms with van der Waals surface area (Å²) >= 11 is 0. The molecule has 1 unspecified atom stereocenters. The van der Waals surface area contributed by atoms with Gasteiger partial charge in [0, 0.05) is 5.92 Å². The molecule has 4 nitrogen and oxygen atoms in total. The normalized spacial score (nSPS) is 12.2.